The summed E-state index contributed by atoms with van der Waals surface area (Å²) in [6.45, 7) is 0.899. The molecule has 1 heterocycles. The van der Waals surface area contributed by atoms with Crippen LogP contribution in [0.3, 0.4) is 0 Å². The standard InChI is InChI=1S/C24H20BrClN2O8S/c1-2-7-35-23(33)16-10-15(4-5-17(16)26)27-20(29)11-28-22(32)19(37-24(28)34)9-13-8-14(25)3-6-18(13)36-12-21(30)31/h3-6,8-10H,2,7,11-12H2,1H3,(H,27,29)(H,30,31)/b19-9+. The van der Waals surface area contributed by atoms with Crippen molar-refractivity contribution < 1.29 is 38.6 Å². The number of halogens is 2. The zero-order chi connectivity index (χ0) is 27.1. The van der Waals surface area contributed by atoms with Crippen LogP contribution in [0.25, 0.3) is 6.08 Å². The maximum Gasteiger partial charge on any atom is 0.341 e. The van der Waals surface area contributed by atoms with Crippen molar-refractivity contribution in [2.45, 2.75) is 13.3 Å². The lowest BCUT2D eigenvalue weighted by atomic mass is 10.2. The second-order valence-electron chi connectivity index (χ2n) is 7.51. The normalized spacial score (nSPS) is 14.1. The predicted molar refractivity (Wildman–Crippen MR) is 141 cm³/mol. The number of aliphatic carboxylic acids is 1. The molecule has 194 valence electrons. The van der Waals surface area contributed by atoms with Crippen LogP contribution in [0.4, 0.5) is 10.5 Å². The number of carbonyl (C=O) groups excluding carboxylic acids is 4. The van der Waals surface area contributed by atoms with Gasteiger partial charge in [-0.15, -0.1) is 0 Å². The topological polar surface area (TPSA) is 139 Å². The van der Waals surface area contributed by atoms with Gasteiger partial charge in [-0.2, -0.15) is 0 Å². The van der Waals surface area contributed by atoms with Gasteiger partial charge in [-0.25, -0.2) is 9.59 Å². The number of imide groups is 1. The number of ether oxygens (including phenoxy) is 2. The third-order valence-corrected chi connectivity index (χ3v) is 6.42. The second kappa shape index (κ2) is 12.7. The van der Waals surface area contributed by atoms with Crippen LogP contribution >= 0.6 is 39.3 Å². The molecule has 13 heteroatoms. The number of carboxylic acids is 1. The highest BCUT2D eigenvalue weighted by molar-refractivity contribution is 9.10. The average Bonchev–Trinajstić information content (AvgIpc) is 3.10. The fourth-order valence-corrected chi connectivity index (χ4v) is 4.46. The number of esters is 1. The summed E-state index contributed by atoms with van der Waals surface area (Å²) in [5, 5.41) is 10.9. The van der Waals surface area contributed by atoms with Gasteiger partial charge in [-0.05, 0) is 60.7 Å². The molecule has 0 saturated carbocycles. The molecule has 3 amide bonds. The van der Waals surface area contributed by atoms with E-state index < -0.39 is 42.1 Å². The van der Waals surface area contributed by atoms with Gasteiger partial charge in [0, 0.05) is 15.7 Å². The van der Waals surface area contributed by atoms with E-state index in [1.54, 1.807) is 12.1 Å². The molecule has 0 aliphatic carbocycles. The molecule has 1 saturated heterocycles. The highest BCUT2D eigenvalue weighted by Crippen LogP contribution is 2.35. The Balaban J connectivity index is 1.72. The molecule has 0 bridgehead atoms. The number of hydrogen-bond acceptors (Lipinski definition) is 8. The van der Waals surface area contributed by atoms with Gasteiger partial charge >= 0.3 is 11.9 Å². The number of carboxylic acid groups (broad SMARTS) is 1. The van der Waals surface area contributed by atoms with Gasteiger partial charge in [0.15, 0.2) is 6.61 Å². The van der Waals surface area contributed by atoms with Crippen molar-refractivity contribution in [2.24, 2.45) is 0 Å². The minimum Gasteiger partial charge on any atom is -0.481 e. The van der Waals surface area contributed by atoms with Gasteiger partial charge in [0.2, 0.25) is 5.91 Å². The zero-order valence-corrected chi connectivity index (χ0v) is 22.4. The van der Waals surface area contributed by atoms with Crippen molar-refractivity contribution in [2.75, 3.05) is 25.1 Å². The molecule has 3 rings (SSSR count). The van der Waals surface area contributed by atoms with Crippen LogP contribution in [-0.4, -0.2) is 58.8 Å². The minimum atomic E-state index is -1.18. The molecule has 1 fully saturated rings. The number of thioether (sulfide) groups is 1. The Kier molecular flexibility index (Phi) is 9.73. The van der Waals surface area contributed by atoms with Crippen molar-refractivity contribution >= 4 is 80.0 Å². The maximum atomic E-state index is 12.9. The summed E-state index contributed by atoms with van der Waals surface area (Å²) in [5.41, 5.74) is 0.668. The van der Waals surface area contributed by atoms with Crippen LogP contribution in [0.5, 0.6) is 5.75 Å². The third kappa shape index (κ3) is 7.57. The molecule has 37 heavy (non-hydrogen) atoms. The summed E-state index contributed by atoms with van der Waals surface area (Å²) in [6.07, 6.45) is 2.02. The van der Waals surface area contributed by atoms with Gasteiger partial charge in [0.25, 0.3) is 11.1 Å². The molecule has 2 N–H and O–H groups in total. The molecular formula is C24H20BrClN2O8S. The van der Waals surface area contributed by atoms with Crippen molar-refractivity contribution in [3.63, 3.8) is 0 Å². The van der Waals surface area contributed by atoms with Crippen LogP contribution in [0.15, 0.2) is 45.8 Å². The molecule has 10 nitrogen and oxygen atoms in total. The number of hydrogen-bond donors (Lipinski definition) is 2. The van der Waals surface area contributed by atoms with E-state index in [0.717, 1.165) is 4.90 Å². The van der Waals surface area contributed by atoms with Crippen molar-refractivity contribution in [1.29, 1.82) is 0 Å². The Hall–Kier alpha value is -3.35. The van der Waals surface area contributed by atoms with Gasteiger partial charge in [-0.1, -0.05) is 34.5 Å². The minimum absolute atomic E-state index is 0.0310. The molecular weight excluding hydrogens is 592 g/mol. The molecule has 0 spiro atoms. The lowest BCUT2D eigenvalue weighted by Crippen LogP contribution is -2.36. The lowest BCUT2D eigenvalue weighted by Gasteiger charge is -2.13. The molecule has 2 aromatic rings. The maximum absolute atomic E-state index is 12.9. The van der Waals surface area contributed by atoms with Gasteiger partial charge in [-0.3, -0.25) is 19.3 Å². The van der Waals surface area contributed by atoms with Crippen LogP contribution in [-0.2, 0) is 19.1 Å². The largest absolute Gasteiger partial charge is 0.481 e. The van der Waals surface area contributed by atoms with Crippen LogP contribution in [0.1, 0.15) is 29.3 Å². The van der Waals surface area contributed by atoms with E-state index in [2.05, 4.69) is 21.2 Å². The van der Waals surface area contributed by atoms with E-state index >= 15 is 0 Å². The Morgan fingerprint density at radius 1 is 1.19 bits per heavy atom. The van der Waals surface area contributed by atoms with Crippen LogP contribution < -0.4 is 10.1 Å². The molecule has 0 aromatic heterocycles. The van der Waals surface area contributed by atoms with Crippen molar-refractivity contribution in [3.05, 3.63) is 61.9 Å². The van der Waals surface area contributed by atoms with Crippen LogP contribution in [0, 0.1) is 0 Å². The van der Waals surface area contributed by atoms with E-state index in [1.165, 1.54) is 30.3 Å². The van der Waals surface area contributed by atoms with Crippen molar-refractivity contribution in [3.8, 4) is 5.75 Å². The lowest BCUT2D eigenvalue weighted by molar-refractivity contribution is -0.139. The number of benzene rings is 2. The van der Waals surface area contributed by atoms with Crippen molar-refractivity contribution in [1.82, 2.24) is 4.90 Å². The molecule has 0 radical (unpaired) electrons. The van der Waals surface area contributed by atoms with E-state index in [1.807, 2.05) is 6.92 Å². The molecule has 2 aromatic carbocycles. The summed E-state index contributed by atoms with van der Waals surface area (Å²) in [6, 6.07) is 8.99. The third-order valence-electron chi connectivity index (χ3n) is 4.69. The molecule has 0 unspecified atom stereocenters. The summed E-state index contributed by atoms with van der Waals surface area (Å²) in [4.78, 5) is 61.8. The fourth-order valence-electron chi connectivity index (χ4n) is 3.06. The SMILES string of the molecule is CCCOC(=O)c1cc(NC(=O)CN2C(=O)S/C(=C/c3cc(Br)ccc3OCC(=O)O)C2=O)ccc1Cl. The van der Waals surface area contributed by atoms with Crippen LogP contribution in [0.2, 0.25) is 5.02 Å². The summed E-state index contributed by atoms with van der Waals surface area (Å²) < 4.78 is 11.0. The zero-order valence-electron chi connectivity index (χ0n) is 19.3. The Morgan fingerprint density at radius 2 is 1.95 bits per heavy atom. The number of anilines is 1. The van der Waals surface area contributed by atoms with E-state index in [4.69, 9.17) is 26.2 Å². The fraction of sp³-hybridized carbons (Fsp3) is 0.208. The van der Waals surface area contributed by atoms with Gasteiger partial charge in [0.05, 0.1) is 22.1 Å². The first kappa shape index (κ1) is 28.2. The Bertz CT molecular complexity index is 1300. The van der Waals surface area contributed by atoms with E-state index in [-0.39, 0.29) is 33.5 Å². The predicted octanol–water partition coefficient (Wildman–Crippen LogP) is 4.81. The highest BCUT2D eigenvalue weighted by Gasteiger charge is 2.36. The van der Waals surface area contributed by atoms with Gasteiger partial charge < -0.3 is 19.9 Å². The highest BCUT2D eigenvalue weighted by atomic mass is 79.9. The number of carbonyl (C=O) groups is 5. The number of nitrogens with one attached hydrogen (secondary N) is 1. The number of nitrogens with zero attached hydrogens (tertiary/aromatic N) is 1. The summed E-state index contributed by atoms with van der Waals surface area (Å²) >= 11 is 9.99. The average molecular weight is 612 g/mol. The molecule has 1 aliphatic heterocycles. The first-order chi connectivity index (χ1) is 17.6. The summed E-state index contributed by atoms with van der Waals surface area (Å²) in [5.74, 6) is -2.99. The number of rotatable bonds is 10. The monoisotopic (exact) mass is 610 g/mol. The smallest absolute Gasteiger partial charge is 0.341 e. The molecule has 1 aliphatic rings. The second-order valence-corrected chi connectivity index (χ2v) is 9.83. The quantitative estimate of drug-likeness (QED) is 0.286. The summed E-state index contributed by atoms with van der Waals surface area (Å²) in [7, 11) is 0. The van der Waals surface area contributed by atoms with E-state index in [0.29, 0.717) is 28.2 Å². The first-order valence-electron chi connectivity index (χ1n) is 10.7. The Labute approximate surface area is 229 Å². The molecule has 0 atom stereocenters. The first-order valence-corrected chi connectivity index (χ1v) is 12.7. The Morgan fingerprint density at radius 3 is 2.65 bits per heavy atom. The van der Waals surface area contributed by atoms with E-state index in [9.17, 15) is 24.0 Å². The number of amides is 3. The van der Waals surface area contributed by atoms with Gasteiger partial charge in [0.1, 0.15) is 12.3 Å².